The molecule has 0 bridgehead atoms. The third kappa shape index (κ3) is 4.15. The van der Waals surface area contributed by atoms with Crippen molar-refractivity contribution in [2.45, 2.75) is 32.7 Å². The molecule has 1 aromatic carbocycles. The summed E-state index contributed by atoms with van der Waals surface area (Å²) >= 11 is 1.78. The van der Waals surface area contributed by atoms with Gasteiger partial charge >= 0.3 is 0 Å². The molecule has 4 nitrogen and oxygen atoms in total. The Bertz CT molecular complexity index is 1290. The Morgan fingerprint density at radius 2 is 1.94 bits per heavy atom. The van der Waals surface area contributed by atoms with Crippen LogP contribution in [-0.2, 0) is 0 Å². The number of methoxy groups -OCH3 is 1. The molecule has 4 aromatic rings. The van der Waals surface area contributed by atoms with Gasteiger partial charge in [-0.15, -0.1) is 11.3 Å². The fourth-order valence-electron chi connectivity index (χ4n) is 4.66. The number of likely N-dealkylation sites (tertiary alicyclic amines) is 1. The first-order chi connectivity index (χ1) is 15.9. The highest BCUT2D eigenvalue weighted by Crippen LogP contribution is 2.40. The van der Waals surface area contributed by atoms with Gasteiger partial charge in [-0.2, -0.15) is 0 Å². The average molecular weight is 468 g/mol. The number of hydrogen-bond acceptors (Lipinski definition) is 4. The summed E-state index contributed by atoms with van der Waals surface area (Å²) in [7, 11) is 1.38. The Labute approximate surface area is 196 Å². The number of benzene rings is 1. The van der Waals surface area contributed by atoms with Crippen LogP contribution in [0, 0.1) is 17.6 Å². The van der Waals surface area contributed by atoms with Crippen LogP contribution < -0.4 is 4.74 Å². The molecule has 1 N–H and O–H groups in total. The zero-order chi connectivity index (χ0) is 23.1. The summed E-state index contributed by atoms with van der Waals surface area (Å²) in [6, 6.07) is 8.88. The minimum Gasteiger partial charge on any atom is -0.493 e. The molecular formula is C26H27F2N3OS. The first kappa shape index (κ1) is 22.0. The number of H-pyrrole nitrogens is 1. The highest BCUT2D eigenvalue weighted by Gasteiger charge is 2.23. The normalized spacial score (nSPS) is 16.4. The Morgan fingerprint density at radius 1 is 1.15 bits per heavy atom. The van der Waals surface area contributed by atoms with Crippen molar-refractivity contribution in [3.63, 3.8) is 0 Å². The fraction of sp³-hybridized carbons (Fsp3) is 0.346. The van der Waals surface area contributed by atoms with Crippen LogP contribution in [0.4, 0.5) is 8.78 Å². The van der Waals surface area contributed by atoms with E-state index >= 15 is 0 Å². The fourth-order valence-corrected chi connectivity index (χ4v) is 5.73. The molecule has 1 aliphatic heterocycles. The highest BCUT2D eigenvalue weighted by atomic mass is 32.1. The van der Waals surface area contributed by atoms with Gasteiger partial charge in [0.2, 0.25) is 0 Å². The number of pyridine rings is 1. The van der Waals surface area contributed by atoms with E-state index in [-0.39, 0.29) is 5.75 Å². The largest absolute Gasteiger partial charge is 0.493 e. The number of piperidine rings is 1. The molecule has 0 saturated carbocycles. The van der Waals surface area contributed by atoms with Crippen LogP contribution in [0.1, 0.15) is 37.6 Å². The van der Waals surface area contributed by atoms with E-state index in [0.717, 1.165) is 40.9 Å². The van der Waals surface area contributed by atoms with Gasteiger partial charge in [-0.05, 0) is 63.0 Å². The number of fused-ring (bicyclic) bond motifs is 1. The summed E-state index contributed by atoms with van der Waals surface area (Å²) in [4.78, 5) is 12.7. The van der Waals surface area contributed by atoms with Crippen molar-refractivity contribution >= 4 is 22.4 Å². The van der Waals surface area contributed by atoms with E-state index < -0.39 is 11.6 Å². The third-order valence-electron chi connectivity index (χ3n) is 6.72. The van der Waals surface area contributed by atoms with Crippen molar-refractivity contribution in [1.82, 2.24) is 14.9 Å². The molecule has 3 aromatic heterocycles. The second kappa shape index (κ2) is 8.88. The van der Waals surface area contributed by atoms with Gasteiger partial charge in [0.25, 0.3) is 0 Å². The summed E-state index contributed by atoms with van der Waals surface area (Å²) in [5, 5.41) is 0.795. The molecule has 5 rings (SSSR count). The number of thiophene rings is 1. The molecular weight excluding hydrogens is 440 g/mol. The molecule has 1 aliphatic rings. The Kier molecular flexibility index (Phi) is 5.93. The number of aromatic amines is 1. The molecule has 0 amide bonds. The second-order valence-corrected chi connectivity index (χ2v) is 10.0. The molecule has 172 valence electrons. The van der Waals surface area contributed by atoms with Crippen molar-refractivity contribution in [2.75, 3.05) is 20.2 Å². The molecule has 1 fully saturated rings. The van der Waals surface area contributed by atoms with Crippen LogP contribution in [0.15, 0.2) is 42.7 Å². The van der Waals surface area contributed by atoms with E-state index in [1.165, 1.54) is 30.9 Å². The van der Waals surface area contributed by atoms with Crippen LogP contribution in [0.2, 0.25) is 0 Å². The Balaban J connectivity index is 1.49. The van der Waals surface area contributed by atoms with Gasteiger partial charge in [-0.1, -0.05) is 6.92 Å². The van der Waals surface area contributed by atoms with Crippen LogP contribution in [0.25, 0.3) is 32.6 Å². The Morgan fingerprint density at radius 3 is 2.70 bits per heavy atom. The topological polar surface area (TPSA) is 41.1 Å². The highest BCUT2D eigenvalue weighted by molar-refractivity contribution is 7.15. The number of rotatable bonds is 5. The molecule has 0 radical (unpaired) electrons. The average Bonchev–Trinajstić information content (AvgIpc) is 3.46. The van der Waals surface area contributed by atoms with Gasteiger partial charge in [0.15, 0.2) is 11.6 Å². The van der Waals surface area contributed by atoms with Crippen molar-refractivity contribution in [2.24, 2.45) is 5.92 Å². The lowest BCUT2D eigenvalue weighted by molar-refractivity contribution is 0.149. The summed E-state index contributed by atoms with van der Waals surface area (Å²) < 4.78 is 33.6. The van der Waals surface area contributed by atoms with E-state index in [0.29, 0.717) is 22.8 Å². The second-order valence-electron chi connectivity index (χ2n) is 8.89. The Hall–Kier alpha value is -2.77. The number of hydrogen-bond donors (Lipinski definition) is 1. The third-order valence-corrected chi connectivity index (χ3v) is 8.03. The van der Waals surface area contributed by atoms with Crippen LogP contribution >= 0.6 is 11.3 Å². The summed E-state index contributed by atoms with van der Waals surface area (Å²) in [6.45, 7) is 6.89. The molecule has 0 aliphatic carbocycles. The number of nitrogens with zero attached hydrogens (tertiary/aromatic N) is 2. The summed E-state index contributed by atoms with van der Waals surface area (Å²) in [5.41, 5.74) is 2.66. The first-order valence-corrected chi connectivity index (χ1v) is 12.1. The molecule has 4 heterocycles. The van der Waals surface area contributed by atoms with Crippen LogP contribution in [0.3, 0.4) is 0 Å². The quantitative estimate of drug-likeness (QED) is 0.342. The first-order valence-electron chi connectivity index (χ1n) is 11.3. The van der Waals surface area contributed by atoms with Gasteiger partial charge < -0.3 is 9.72 Å². The van der Waals surface area contributed by atoms with Crippen molar-refractivity contribution in [3.05, 3.63) is 59.2 Å². The van der Waals surface area contributed by atoms with E-state index in [1.807, 2.05) is 12.3 Å². The lowest BCUT2D eigenvalue weighted by Gasteiger charge is -2.34. The molecule has 1 unspecified atom stereocenters. The minimum atomic E-state index is -0.727. The van der Waals surface area contributed by atoms with Crippen molar-refractivity contribution < 1.29 is 13.5 Å². The molecule has 0 spiro atoms. The van der Waals surface area contributed by atoms with E-state index in [2.05, 4.69) is 40.8 Å². The summed E-state index contributed by atoms with van der Waals surface area (Å²) in [5.74, 6) is -0.544. The minimum absolute atomic E-state index is 0.0192. The maximum atomic E-state index is 14.3. The zero-order valence-corrected chi connectivity index (χ0v) is 19.8. The predicted molar refractivity (Wildman–Crippen MR) is 130 cm³/mol. The lowest BCUT2D eigenvalue weighted by atomic mass is 9.98. The monoisotopic (exact) mass is 467 g/mol. The van der Waals surface area contributed by atoms with Gasteiger partial charge in [-0.25, -0.2) is 13.8 Å². The smallest absolute Gasteiger partial charge is 0.168 e. The van der Waals surface area contributed by atoms with Crippen LogP contribution in [-0.4, -0.2) is 35.1 Å². The molecule has 1 saturated heterocycles. The zero-order valence-electron chi connectivity index (χ0n) is 19.0. The van der Waals surface area contributed by atoms with Crippen molar-refractivity contribution in [3.8, 4) is 27.3 Å². The van der Waals surface area contributed by atoms with Gasteiger partial charge in [-0.3, -0.25) is 4.90 Å². The molecule has 7 heteroatoms. The predicted octanol–water partition coefficient (Wildman–Crippen LogP) is 7.04. The number of halogens is 2. The van der Waals surface area contributed by atoms with Crippen LogP contribution in [0.5, 0.6) is 5.75 Å². The molecule has 33 heavy (non-hydrogen) atoms. The lowest BCUT2D eigenvalue weighted by Crippen LogP contribution is -2.34. The van der Waals surface area contributed by atoms with E-state index in [4.69, 9.17) is 4.74 Å². The maximum absolute atomic E-state index is 14.3. The number of ether oxygens (including phenoxy) is 1. The van der Waals surface area contributed by atoms with Gasteiger partial charge in [0.1, 0.15) is 11.5 Å². The van der Waals surface area contributed by atoms with Crippen molar-refractivity contribution in [1.29, 1.82) is 0 Å². The standard InChI is InChI=1S/C26H27F2N3OS/c1-15-6-8-31(9-7-15)16(2)23-4-5-24(33-23)17-10-20-21(14-30-26(20)29-13-17)19-11-18(27)12-22(28)25(19)32-3/h4-5,10-16H,6-9H2,1-3H3,(H,29,30). The van der Waals surface area contributed by atoms with E-state index in [1.54, 1.807) is 17.5 Å². The van der Waals surface area contributed by atoms with E-state index in [9.17, 15) is 8.78 Å². The number of aromatic nitrogens is 2. The van der Waals surface area contributed by atoms with Gasteiger partial charge in [0, 0.05) is 56.3 Å². The number of nitrogens with one attached hydrogen (secondary N) is 1. The SMILES string of the molecule is COc1c(F)cc(F)cc1-c1c[nH]c2ncc(-c3ccc(C(C)N4CCC(C)CC4)s3)cc12. The summed E-state index contributed by atoms with van der Waals surface area (Å²) in [6.07, 6.45) is 6.07. The molecule has 1 atom stereocenters. The maximum Gasteiger partial charge on any atom is 0.168 e. The van der Waals surface area contributed by atoms with Gasteiger partial charge in [0.05, 0.1) is 7.11 Å².